The molecule has 1 aromatic heterocycles. The number of amides is 3. The van der Waals surface area contributed by atoms with Gasteiger partial charge in [0, 0.05) is 23.1 Å². The molecule has 6 nitrogen and oxygen atoms in total. The van der Waals surface area contributed by atoms with E-state index in [0.717, 1.165) is 30.5 Å². The fraction of sp³-hybridized carbons (Fsp3) is 0.250. The van der Waals surface area contributed by atoms with E-state index in [1.165, 1.54) is 27.9 Å². The highest BCUT2D eigenvalue weighted by Crippen LogP contribution is 2.27. The van der Waals surface area contributed by atoms with E-state index in [4.69, 9.17) is 0 Å². The number of carbonyl (C=O) groups excluding carboxylic acids is 3. The summed E-state index contributed by atoms with van der Waals surface area (Å²) in [5.41, 5.74) is 3.99. The molecule has 7 heteroatoms. The molecule has 3 aromatic rings. The number of benzene rings is 2. The van der Waals surface area contributed by atoms with Gasteiger partial charge in [0.1, 0.15) is 0 Å². The summed E-state index contributed by atoms with van der Waals surface area (Å²) in [6, 6.07) is 12.8. The zero-order valence-corrected chi connectivity index (χ0v) is 18.3. The number of imide groups is 1. The summed E-state index contributed by atoms with van der Waals surface area (Å²) in [6.07, 6.45) is 2.62. The Morgan fingerprint density at radius 1 is 1.03 bits per heavy atom. The van der Waals surface area contributed by atoms with Crippen LogP contribution < -0.4 is 5.32 Å². The SMILES string of the molecule is CCCCN1C(=O)c2ccc(C(=O)Nc3nc(-c4ccc(CC)cc4)cs3)cc2C1=O. The number of fused-ring (bicyclic) bond motifs is 1. The van der Waals surface area contributed by atoms with Crippen molar-refractivity contribution in [2.75, 3.05) is 11.9 Å². The van der Waals surface area contributed by atoms with Crippen molar-refractivity contribution >= 4 is 34.2 Å². The van der Waals surface area contributed by atoms with Crippen LogP contribution in [0.2, 0.25) is 0 Å². The van der Waals surface area contributed by atoms with Gasteiger partial charge in [-0.2, -0.15) is 0 Å². The van der Waals surface area contributed by atoms with Gasteiger partial charge in [-0.1, -0.05) is 44.5 Å². The molecule has 0 aliphatic carbocycles. The lowest BCUT2D eigenvalue weighted by Gasteiger charge is -2.12. The van der Waals surface area contributed by atoms with E-state index in [1.807, 2.05) is 24.4 Å². The molecular formula is C24H23N3O3S. The van der Waals surface area contributed by atoms with Crippen LogP contribution in [0.1, 0.15) is 63.3 Å². The smallest absolute Gasteiger partial charge is 0.261 e. The number of hydrogen-bond acceptors (Lipinski definition) is 5. The number of hydrogen-bond donors (Lipinski definition) is 1. The van der Waals surface area contributed by atoms with Crippen molar-refractivity contribution in [3.05, 3.63) is 70.1 Å². The maximum absolute atomic E-state index is 12.7. The topological polar surface area (TPSA) is 79.4 Å². The first-order valence-electron chi connectivity index (χ1n) is 10.4. The fourth-order valence-corrected chi connectivity index (χ4v) is 4.21. The molecule has 0 radical (unpaired) electrons. The van der Waals surface area contributed by atoms with E-state index in [1.54, 1.807) is 12.1 Å². The van der Waals surface area contributed by atoms with Crippen molar-refractivity contribution in [1.29, 1.82) is 0 Å². The molecule has 0 saturated heterocycles. The predicted octanol–water partition coefficient (Wildman–Crippen LogP) is 5.02. The number of nitrogens with one attached hydrogen (secondary N) is 1. The highest BCUT2D eigenvalue weighted by molar-refractivity contribution is 7.14. The number of anilines is 1. The lowest BCUT2D eigenvalue weighted by atomic mass is 10.1. The van der Waals surface area contributed by atoms with Crippen LogP contribution in [-0.2, 0) is 6.42 Å². The summed E-state index contributed by atoms with van der Waals surface area (Å²) < 4.78 is 0. The number of nitrogens with zero attached hydrogens (tertiary/aromatic N) is 2. The molecule has 0 bridgehead atoms. The number of unbranched alkanes of at least 4 members (excludes halogenated alkanes) is 1. The van der Waals surface area contributed by atoms with E-state index in [0.29, 0.717) is 22.8 Å². The standard InChI is InChI=1S/C24H23N3O3S/c1-3-5-12-27-22(29)18-11-10-17(13-19(18)23(27)30)21(28)26-24-25-20(14-31-24)16-8-6-15(4-2)7-9-16/h6-11,13-14H,3-5,12H2,1-2H3,(H,25,26,28). The molecule has 1 N–H and O–H groups in total. The van der Waals surface area contributed by atoms with Crippen LogP contribution in [0.4, 0.5) is 5.13 Å². The highest BCUT2D eigenvalue weighted by Gasteiger charge is 2.35. The minimum absolute atomic E-state index is 0.282. The molecule has 0 saturated carbocycles. The number of rotatable bonds is 7. The fourth-order valence-electron chi connectivity index (χ4n) is 3.50. The maximum Gasteiger partial charge on any atom is 0.261 e. The van der Waals surface area contributed by atoms with E-state index >= 15 is 0 Å². The third-order valence-corrected chi connectivity index (χ3v) is 6.11. The van der Waals surface area contributed by atoms with Crippen LogP contribution >= 0.6 is 11.3 Å². The minimum atomic E-state index is -0.364. The zero-order valence-electron chi connectivity index (χ0n) is 17.5. The molecule has 158 valence electrons. The van der Waals surface area contributed by atoms with Gasteiger partial charge in [-0.15, -0.1) is 11.3 Å². The quantitative estimate of drug-likeness (QED) is 0.531. The molecule has 3 amide bonds. The van der Waals surface area contributed by atoms with Gasteiger partial charge in [0.2, 0.25) is 0 Å². The Morgan fingerprint density at radius 2 is 1.77 bits per heavy atom. The Labute approximate surface area is 184 Å². The number of thiazole rings is 1. The van der Waals surface area contributed by atoms with E-state index in [-0.39, 0.29) is 23.3 Å². The molecule has 0 fully saturated rings. The summed E-state index contributed by atoms with van der Waals surface area (Å²) in [5, 5.41) is 5.17. The average molecular weight is 434 g/mol. The normalized spacial score (nSPS) is 12.9. The second-order valence-electron chi connectivity index (χ2n) is 7.42. The zero-order chi connectivity index (χ0) is 22.0. The Morgan fingerprint density at radius 3 is 2.48 bits per heavy atom. The second-order valence-corrected chi connectivity index (χ2v) is 8.28. The summed E-state index contributed by atoms with van der Waals surface area (Å²) >= 11 is 1.34. The predicted molar refractivity (Wildman–Crippen MR) is 122 cm³/mol. The van der Waals surface area contributed by atoms with Crippen LogP contribution in [-0.4, -0.2) is 34.2 Å². The largest absolute Gasteiger partial charge is 0.298 e. The van der Waals surface area contributed by atoms with E-state index in [9.17, 15) is 14.4 Å². The summed E-state index contributed by atoms with van der Waals surface area (Å²) in [7, 11) is 0. The summed E-state index contributed by atoms with van der Waals surface area (Å²) in [4.78, 5) is 43.6. The third kappa shape index (κ3) is 4.14. The van der Waals surface area contributed by atoms with Gasteiger partial charge >= 0.3 is 0 Å². The molecule has 0 spiro atoms. The molecule has 0 unspecified atom stereocenters. The number of aryl methyl sites for hydroxylation is 1. The van der Waals surface area contributed by atoms with Crippen LogP contribution in [0.25, 0.3) is 11.3 Å². The molecular weight excluding hydrogens is 410 g/mol. The maximum atomic E-state index is 12.7. The first kappa shape index (κ1) is 20.9. The van der Waals surface area contributed by atoms with Crippen molar-refractivity contribution in [3.63, 3.8) is 0 Å². The van der Waals surface area contributed by atoms with Gasteiger partial charge < -0.3 is 0 Å². The van der Waals surface area contributed by atoms with Crippen LogP contribution in [0.15, 0.2) is 47.8 Å². The number of carbonyl (C=O) groups is 3. The third-order valence-electron chi connectivity index (χ3n) is 5.35. The monoisotopic (exact) mass is 433 g/mol. The van der Waals surface area contributed by atoms with E-state index < -0.39 is 0 Å². The molecule has 1 aliphatic heterocycles. The van der Waals surface area contributed by atoms with Gasteiger partial charge in [-0.25, -0.2) is 4.98 Å². The highest BCUT2D eigenvalue weighted by atomic mass is 32.1. The minimum Gasteiger partial charge on any atom is -0.298 e. The van der Waals surface area contributed by atoms with Gasteiger partial charge in [0.15, 0.2) is 5.13 Å². The Bertz CT molecular complexity index is 1150. The van der Waals surface area contributed by atoms with Gasteiger partial charge in [-0.3, -0.25) is 24.6 Å². The van der Waals surface area contributed by atoms with Crippen molar-refractivity contribution < 1.29 is 14.4 Å². The first-order chi connectivity index (χ1) is 15.0. The lowest BCUT2D eigenvalue weighted by Crippen LogP contribution is -2.30. The van der Waals surface area contributed by atoms with Gasteiger partial charge in [0.25, 0.3) is 17.7 Å². The van der Waals surface area contributed by atoms with Crippen molar-refractivity contribution in [2.45, 2.75) is 33.1 Å². The summed E-state index contributed by atoms with van der Waals surface area (Å²) in [6.45, 7) is 4.51. The average Bonchev–Trinajstić information content (AvgIpc) is 3.35. The van der Waals surface area contributed by atoms with Crippen LogP contribution in [0.5, 0.6) is 0 Å². The molecule has 4 rings (SSSR count). The Hall–Kier alpha value is -3.32. The van der Waals surface area contributed by atoms with Crippen molar-refractivity contribution in [1.82, 2.24) is 9.88 Å². The second kappa shape index (κ2) is 8.81. The Balaban J connectivity index is 1.49. The molecule has 1 aliphatic rings. The van der Waals surface area contributed by atoms with Crippen LogP contribution in [0, 0.1) is 0 Å². The van der Waals surface area contributed by atoms with Gasteiger partial charge in [-0.05, 0) is 36.6 Å². The van der Waals surface area contributed by atoms with E-state index in [2.05, 4.69) is 29.4 Å². The molecule has 0 atom stereocenters. The molecule has 31 heavy (non-hydrogen) atoms. The molecule has 2 heterocycles. The lowest BCUT2D eigenvalue weighted by molar-refractivity contribution is 0.0652. The van der Waals surface area contributed by atoms with Crippen molar-refractivity contribution in [3.8, 4) is 11.3 Å². The molecule has 2 aromatic carbocycles. The van der Waals surface area contributed by atoms with Crippen LogP contribution in [0.3, 0.4) is 0 Å². The number of aromatic nitrogens is 1. The van der Waals surface area contributed by atoms with Crippen molar-refractivity contribution in [2.24, 2.45) is 0 Å². The first-order valence-corrected chi connectivity index (χ1v) is 11.3. The Kier molecular flexibility index (Phi) is 5.95. The summed E-state index contributed by atoms with van der Waals surface area (Å²) in [5.74, 6) is -0.994. The van der Waals surface area contributed by atoms with Gasteiger partial charge in [0.05, 0.1) is 16.8 Å².